The molecule has 1 aliphatic heterocycles. The fraction of sp³-hybridized carbons (Fsp3) is 0.389. The Bertz CT molecular complexity index is 921. The maximum absolute atomic E-state index is 12.9. The van der Waals surface area contributed by atoms with E-state index in [1.165, 1.54) is 18.2 Å². The lowest BCUT2D eigenvalue weighted by atomic mass is 9.89. The van der Waals surface area contributed by atoms with Gasteiger partial charge in [0.2, 0.25) is 0 Å². The molecule has 1 atom stereocenters. The lowest BCUT2D eigenvalue weighted by molar-refractivity contribution is -0.137. The number of aromatic amines is 2. The molecule has 1 aromatic heterocycles. The lowest BCUT2D eigenvalue weighted by Gasteiger charge is -2.31. The highest BCUT2D eigenvalue weighted by atomic mass is 19.4. The molecule has 2 aromatic rings. The number of hydrogen-bond donors (Lipinski definition) is 2. The van der Waals surface area contributed by atoms with Crippen LogP contribution in [0.4, 0.5) is 13.2 Å². The van der Waals surface area contributed by atoms with Crippen LogP contribution >= 0.6 is 0 Å². The molecule has 0 spiro atoms. The Morgan fingerprint density at radius 3 is 2.67 bits per heavy atom. The second-order valence-corrected chi connectivity index (χ2v) is 6.63. The molecular formula is C18H18F3N3O3. The molecule has 2 N–H and O–H groups in total. The zero-order valence-corrected chi connectivity index (χ0v) is 14.3. The molecular weight excluding hydrogens is 363 g/mol. The summed E-state index contributed by atoms with van der Waals surface area (Å²) in [5, 5.41) is 0. The van der Waals surface area contributed by atoms with Gasteiger partial charge in [0.25, 0.3) is 5.56 Å². The standard InChI is InChI=1S/C18H18F3N3O3/c19-18(20,21)13-5-1-3-11(7-13)16(26)12-4-2-6-24(9-12)10-14-8-15(25)23-17(27)22-14/h1,3,5,7-8,12H,2,4,6,9-10H2,(H2,22,23,25,27). The Hall–Kier alpha value is -2.68. The average Bonchev–Trinajstić information content (AvgIpc) is 2.60. The van der Waals surface area contributed by atoms with Crippen LogP contribution in [-0.2, 0) is 12.7 Å². The minimum Gasteiger partial charge on any atom is -0.310 e. The third-order valence-corrected chi connectivity index (χ3v) is 4.56. The SMILES string of the molecule is O=C(c1cccc(C(F)(F)F)c1)C1CCCN(Cc2cc(=O)[nH]c(=O)[nH]2)C1. The van der Waals surface area contributed by atoms with E-state index < -0.39 is 28.9 Å². The van der Waals surface area contributed by atoms with Gasteiger partial charge < -0.3 is 4.98 Å². The van der Waals surface area contributed by atoms with Crippen molar-refractivity contribution in [3.8, 4) is 0 Å². The number of halogens is 3. The molecule has 0 saturated carbocycles. The molecule has 1 aromatic carbocycles. The van der Waals surface area contributed by atoms with E-state index >= 15 is 0 Å². The number of hydrogen-bond acceptors (Lipinski definition) is 4. The van der Waals surface area contributed by atoms with Crippen LogP contribution in [0, 0.1) is 5.92 Å². The molecule has 0 bridgehead atoms. The molecule has 2 heterocycles. The summed E-state index contributed by atoms with van der Waals surface area (Å²) in [6.45, 7) is 1.30. The summed E-state index contributed by atoms with van der Waals surface area (Å²) in [5.41, 5.74) is -1.49. The summed E-state index contributed by atoms with van der Waals surface area (Å²) >= 11 is 0. The predicted octanol–water partition coefficient (Wildman–Crippen LogP) is 2.18. The molecule has 1 saturated heterocycles. The number of alkyl halides is 3. The zero-order chi connectivity index (χ0) is 19.6. The maximum Gasteiger partial charge on any atom is 0.416 e. The third-order valence-electron chi connectivity index (χ3n) is 4.56. The average molecular weight is 381 g/mol. The van der Waals surface area contributed by atoms with Gasteiger partial charge in [-0.1, -0.05) is 12.1 Å². The van der Waals surface area contributed by atoms with Crippen LogP contribution in [-0.4, -0.2) is 33.7 Å². The second-order valence-electron chi connectivity index (χ2n) is 6.63. The van der Waals surface area contributed by atoms with Crippen molar-refractivity contribution in [2.24, 2.45) is 5.92 Å². The number of carbonyl (C=O) groups is 1. The normalized spacial score (nSPS) is 18.4. The molecule has 1 aliphatic rings. The van der Waals surface area contributed by atoms with E-state index in [4.69, 9.17) is 0 Å². The Kier molecular flexibility index (Phi) is 5.31. The second kappa shape index (κ2) is 7.51. The fourth-order valence-corrected chi connectivity index (χ4v) is 3.34. The van der Waals surface area contributed by atoms with Crippen molar-refractivity contribution in [1.29, 1.82) is 0 Å². The van der Waals surface area contributed by atoms with Crippen LogP contribution in [0.25, 0.3) is 0 Å². The van der Waals surface area contributed by atoms with E-state index in [1.807, 2.05) is 4.90 Å². The van der Waals surface area contributed by atoms with Crippen molar-refractivity contribution in [3.63, 3.8) is 0 Å². The molecule has 9 heteroatoms. The highest BCUT2D eigenvalue weighted by Crippen LogP contribution is 2.30. The Morgan fingerprint density at radius 2 is 1.96 bits per heavy atom. The highest BCUT2D eigenvalue weighted by molar-refractivity contribution is 5.98. The van der Waals surface area contributed by atoms with Crippen LogP contribution < -0.4 is 11.2 Å². The van der Waals surface area contributed by atoms with Crippen molar-refractivity contribution in [3.05, 3.63) is 68.0 Å². The van der Waals surface area contributed by atoms with Gasteiger partial charge in [-0.15, -0.1) is 0 Å². The summed E-state index contributed by atoms with van der Waals surface area (Å²) < 4.78 is 38.6. The van der Waals surface area contributed by atoms with Crippen molar-refractivity contribution >= 4 is 5.78 Å². The topological polar surface area (TPSA) is 86.0 Å². The Balaban J connectivity index is 1.73. The van der Waals surface area contributed by atoms with E-state index in [0.717, 1.165) is 12.1 Å². The molecule has 0 amide bonds. The summed E-state index contributed by atoms with van der Waals surface area (Å²) in [6.07, 6.45) is -3.22. The zero-order valence-electron chi connectivity index (χ0n) is 14.3. The summed E-state index contributed by atoms with van der Waals surface area (Å²) in [6, 6.07) is 5.73. The van der Waals surface area contributed by atoms with Gasteiger partial charge in [-0.2, -0.15) is 13.2 Å². The number of nitrogens with one attached hydrogen (secondary N) is 2. The van der Waals surface area contributed by atoms with E-state index in [9.17, 15) is 27.6 Å². The first-order valence-electron chi connectivity index (χ1n) is 8.49. The number of piperidine rings is 1. The fourth-order valence-electron chi connectivity index (χ4n) is 3.34. The van der Waals surface area contributed by atoms with Gasteiger partial charge in [0.1, 0.15) is 0 Å². The molecule has 6 nitrogen and oxygen atoms in total. The number of rotatable bonds is 4. The first-order chi connectivity index (χ1) is 12.7. The number of likely N-dealkylation sites (tertiary alicyclic amines) is 1. The number of Topliss-reactive ketones (excluding diaryl/α,β-unsaturated/α-hetero) is 1. The largest absolute Gasteiger partial charge is 0.416 e. The Labute approximate surface area is 152 Å². The Morgan fingerprint density at radius 1 is 1.19 bits per heavy atom. The van der Waals surface area contributed by atoms with Crippen molar-refractivity contribution in [2.45, 2.75) is 25.6 Å². The number of carbonyl (C=O) groups excluding carboxylic acids is 1. The molecule has 1 unspecified atom stereocenters. The van der Waals surface area contributed by atoms with Gasteiger partial charge in [-0.05, 0) is 31.5 Å². The number of ketones is 1. The first-order valence-corrected chi connectivity index (χ1v) is 8.49. The number of benzene rings is 1. The van der Waals surface area contributed by atoms with Crippen LogP contribution in [0.15, 0.2) is 39.9 Å². The summed E-state index contributed by atoms with van der Waals surface area (Å²) in [7, 11) is 0. The molecule has 144 valence electrons. The summed E-state index contributed by atoms with van der Waals surface area (Å²) in [4.78, 5) is 41.9. The van der Waals surface area contributed by atoms with Crippen LogP contribution in [0.2, 0.25) is 0 Å². The minimum atomic E-state index is -4.50. The van der Waals surface area contributed by atoms with Crippen LogP contribution in [0.1, 0.15) is 34.5 Å². The maximum atomic E-state index is 12.9. The van der Waals surface area contributed by atoms with Crippen molar-refractivity contribution in [2.75, 3.05) is 13.1 Å². The molecule has 0 aliphatic carbocycles. The van der Waals surface area contributed by atoms with E-state index in [1.54, 1.807) is 0 Å². The van der Waals surface area contributed by atoms with E-state index in [2.05, 4.69) is 9.97 Å². The third kappa shape index (κ3) is 4.73. The highest BCUT2D eigenvalue weighted by Gasteiger charge is 2.32. The van der Waals surface area contributed by atoms with Crippen molar-refractivity contribution in [1.82, 2.24) is 14.9 Å². The van der Waals surface area contributed by atoms with Crippen molar-refractivity contribution < 1.29 is 18.0 Å². The van der Waals surface area contributed by atoms with Crippen LogP contribution in [0.3, 0.4) is 0 Å². The quantitative estimate of drug-likeness (QED) is 0.795. The van der Waals surface area contributed by atoms with Gasteiger partial charge in [0.15, 0.2) is 5.78 Å². The number of H-pyrrole nitrogens is 2. The van der Waals surface area contributed by atoms with Gasteiger partial charge in [0, 0.05) is 36.3 Å². The van der Waals surface area contributed by atoms with Gasteiger partial charge in [0.05, 0.1) is 5.56 Å². The predicted molar refractivity (Wildman–Crippen MR) is 91.5 cm³/mol. The number of aromatic nitrogens is 2. The summed E-state index contributed by atoms with van der Waals surface area (Å²) in [5.74, 6) is -0.763. The first kappa shape index (κ1) is 19.1. The monoisotopic (exact) mass is 381 g/mol. The minimum absolute atomic E-state index is 0.0428. The molecule has 27 heavy (non-hydrogen) atoms. The molecule has 1 fully saturated rings. The smallest absolute Gasteiger partial charge is 0.310 e. The number of nitrogens with zero attached hydrogens (tertiary/aromatic N) is 1. The van der Waals surface area contributed by atoms with Gasteiger partial charge in [-0.25, -0.2) is 4.79 Å². The lowest BCUT2D eigenvalue weighted by Crippen LogP contribution is -2.39. The van der Waals surface area contributed by atoms with Crippen LogP contribution in [0.5, 0.6) is 0 Å². The molecule has 0 radical (unpaired) electrons. The van der Waals surface area contributed by atoms with E-state index in [0.29, 0.717) is 31.6 Å². The van der Waals surface area contributed by atoms with E-state index in [-0.39, 0.29) is 17.9 Å². The van der Waals surface area contributed by atoms with Gasteiger partial charge >= 0.3 is 11.9 Å². The van der Waals surface area contributed by atoms with Gasteiger partial charge in [-0.3, -0.25) is 19.5 Å². The molecule has 3 rings (SSSR count).